The lowest BCUT2D eigenvalue weighted by molar-refractivity contribution is 0.131. The van der Waals surface area contributed by atoms with E-state index in [0.717, 1.165) is 71.7 Å². The van der Waals surface area contributed by atoms with E-state index >= 15 is 0 Å². The number of benzene rings is 1. The van der Waals surface area contributed by atoms with Crippen molar-refractivity contribution in [2.24, 2.45) is 0 Å². The summed E-state index contributed by atoms with van der Waals surface area (Å²) in [6.07, 6.45) is 2.90. The van der Waals surface area contributed by atoms with Crippen molar-refractivity contribution in [3.05, 3.63) is 35.4 Å². The molecule has 0 saturated carbocycles. The maximum absolute atomic E-state index is 12.3. The van der Waals surface area contributed by atoms with Crippen LogP contribution in [0.3, 0.4) is 0 Å². The molecular formula is C21H34N4O2. The van der Waals surface area contributed by atoms with Crippen LogP contribution in [0.5, 0.6) is 0 Å². The topological polar surface area (TPSA) is 56.8 Å². The third-order valence-electron chi connectivity index (χ3n) is 5.65. The summed E-state index contributed by atoms with van der Waals surface area (Å²) in [5.74, 6) is 0. The first-order chi connectivity index (χ1) is 13.2. The highest BCUT2D eigenvalue weighted by atomic mass is 16.5. The van der Waals surface area contributed by atoms with Gasteiger partial charge in [0.1, 0.15) is 0 Å². The van der Waals surface area contributed by atoms with Crippen LogP contribution in [-0.2, 0) is 17.8 Å². The molecule has 1 unspecified atom stereocenters. The van der Waals surface area contributed by atoms with E-state index in [4.69, 9.17) is 4.74 Å². The van der Waals surface area contributed by atoms with Crippen molar-refractivity contribution in [2.75, 3.05) is 45.9 Å². The van der Waals surface area contributed by atoms with Gasteiger partial charge in [-0.15, -0.1) is 0 Å². The van der Waals surface area contributed by atoms with Crippen molar-refractivity contribution < 1.29 is 9.53 Å². The average molecular weight is 375 g/mol. The van der Waals surface area contributed by atoms with E-state index in [1.807, 2.05) is 0 Å². The predicted molar refractivity (Wildman–Crippen MR) is 108 cm³/mol. The molecule has 150 valence electrons. The second-order valence-electron chi connectivity index (χ2n) is 7.55. The summed E-state index contributed by atoms with van der Waals surface area (Å²) >= 11 is 0. The van der Waals surface area contributed by atoms with Gasteiger partial charge >= 0.3 is 6.03 Å². The number of ether oxygens (including phenoxy) is 1. The number of piperazine rings is 1. The van der Waals surface area contributed by atoms with E-state index in [1.165, 1.54) is 11.1 Å². The lowest BCUT2D eigenvalue weighted by Crippen LogP contribution is -2.45. The Kier molecular flexibility index (Phi) is 7.93. The van der Waals surface area contributed by atoms with Gasteiger partial charge in [0, 0.05) is 58.5 Å². The van der Waals surface area contributed by atoms with Crippen LogP contribution in [-0.4, -0.2) is 67.8 Å². The number of hydrogen-bond donors (Lipinski definition) is 2. The summed E-state index contributed by atoms with van der Waals surface area (Å²) in [7, 11) is 0. The molecule has 3 rings (SSSR count). The van der Waals surface area contributed by atoms with E-state index in [-0.39, 0.29) is 12.1 Å². The number of nitrogens with zero attached hydrogens (tertiary/aromatic N) is 2. The van der Waals surface area contributed by atoms with E-state index in [1.54, 1.807) is 0 Å². The fourth-order valence-corrected chi connectivity index (χ4v) is 3.85. The number of amides is 2. The molecular weight excluding hydrogens is 340 g/mol. The highest BCUT2D eigenvalue weighted by Gasteiger charge is 2.17. The minimum absolute atomic E-state index is 0.0757. The molecule has 2 aliphatic rings. The molecule has 0 spiro atoms. The monoisotopic (exact) mass is 374 g/mol. The lowest BCUT2D eigenvalue weighted by atomic mass is 10.1. The van der Waals surface area contributed by atoms with Gasteiger partial charge in [0.2, 0.25) is 0 Å². The second kappa shape index (κ2) is 10.6. The molecule has 6 heteroatoms. The van der Waals surface area contributed by atoms with Crippen LogP contribution >= 0.6 is 0 Å². The zero-order valence-electron chi connectivity index (χ0n) is 16.6. The standard InChI is InChI=1S/C21H34N4O2/c1-2-24-10-12-25(13-11-24)17-19-7-4-3-6-18(19)16-22-21(26)23-20-8-5-14-27-15-9-20/h3-4,6-7,20H,2,5,8-17H2,1H3,(H2,22,23,26). The van der Waals surface area contributed by atoms with Gasteiger partial charge in [-0.05, 0) is 36.9 Å². The number of hydrogen-bond acceptors (Lipinski definition) is 4. The fraction of sp³-hybridized carbons (Fsp3) is 0.667. The Labute approximate surface area is 163 Å². The Morgan fingerprint density at radius 3 is 2.59 bits per heavy atom. The second-order valence-corrected chi connectivity index (χ2v) is 7.55. The third kappa shape index (κ3) is 6.48. The Morgan fingerprint density at radius 1 is 1.07 bits per heavy atom. The normalized spacial score (nSPS) is 22.2. The molecule has 2 aliphatic heterocycles. The van der Waals surface area contributed by atoms with Crippen LogP contribution in [0, 0.1) is 0 Å². The number of nitrogens with one attached hydrogen (secondary N) is 2. The number of carbonyl (C=O) groups excluding carboxylic acids is 1. The summed E-state index contributed by atoms with van der Waals surface area (Å²) in [5.41, 5.74) is 2.51. The van der Waals surface area contributed by atoms with Crippen LogP contribution < -0.4 is 10.6 Å². The van der Waals surface area contributed by atoms with Crippen molar-refractivity contribution in [1.29, 1.82) is 0 Å². The van der Waals surface area contributed by atoms with E-state index in [0.29, 0.717) is 6.54 Å². The molecule has 2 fully saturated rings. The first kappa shape index (κ1) is 20.1. The van der Waals surface area contributed by atoms with Crippen LogP contribution in [0.2, 0.25) is 0 Å². The van der Waals surface area contributed by atoms with Crippen LogP contribution in [0.15, 0.2) is 24.3 Å². The van der Waals surface area contributed by atoms with Gasteiger partial charge in [-0.25, -0.2) is 4.79 Å². The van der Waals surface area contributed by atoms with Gasteiger partial charge in [0.25, 0.3) is 0 Å². The lowest BCUT2D eigenvalue weighted by Gasteiger charge is -2.34. The quantitative estimate of drug-likeness (QED) is 0.801. The number of rotatable bonds is 6. The molecule has 6 nitrogen and oxygen atoms in total. The van der Waals surface area contributed by atoms with Gasteiger partial charge in [-0.3, -0.25) is 4.90 Å². The third-order valence-corrected chi connectivity index (χ3v) is 5.65. The Morgan fingerprint density at radius 2 is 1.81 bits per heavy atom. The van der Waals surface area contributed by atoms with E-state index < -0.39 is 0 Å². The Hall–Kier alpha value is -1.63. The van der Waals surface area contributed by atoms with Crippen molar-refractivity contribution in [3.63, 3.8) is 0 Å². The predicted octanol–water partition coefficient (Wildman–Crippen LogP) is 2.19. The summed E-state index contributed by atoms with van der Waals surface area (Å²) in [4.78, 5) is 17.3. The van der Waals surface area contributed by atoms with Crippen molar-refractivity contribution in [3.8, 4) is 0 Å². The van der Waals surface area contributed by atoms with Crippen molar-refractivity contribution >= 4 is 6.03 Å². The summed E-state index contributed by atoms with van der Waals surface area (Å²) < 4.78 is 5.46. The first-order valence-electron chi connectivity index (χ1n) is 10.4. The molecule has 0 aromatic heterocycles. The molecule has 2 saturated heterocycles. The molecule has 0 bridgehead atoms. The molecule has 0 aliphatic carbocycles. The smallest absolute Gasteiger partial charge is 0.315 e. The minimum Gasteiger partial charge on any atom is -0.381 e. The highest BCUT2D eigenvalue weighted by molar-refractivity contribution is 5.74. The molecule has 2 heterocycles. The van der Waals surface area contributed by atoms with Crippen LogP contribution in [0.4, 0.5) is 4.79 Å². The molecule has 1 aromatic rings. The average Bonchev–Trinajstić information content (AvgIpc) is 2.96. The molecule has 27 heavy (non-hydrogen) atoms. The summed E-state index contributed by atoms with van der Waals surface area (Å²) in [6, 6.07) is 8.59. The van der Waals surface area contributed by atoms with Gasteiger partial charge < -0.3 is 20.3 Å². The maximum atomic E-state index is 12.3. The van der Waals surface area contributed by atoms with Gasteiger partial charge in [0.15, 0.2) is 0 Å². The zero-order chi connectivity index (χ0) is 18.9. The van der Waals surface area contributed by atoms with Gasteiger partial charge in [-0.2, -0.15) is 0 Å². The van der Waals surface area contributed by atoms with Crippen molar-refractivity contribution in [2.45, 2.75) is 45.3 Å². The van der Waals surface area contributed by atoms with Crippen molar-refractivity contribution in [1.82, 2.24) is 20.4 Å². The van der Waals surface area contributed by atoms with E-state index in [2.05, 4.69) is 51.6 Å². The van der Waals surface area contributed by atoms with E-state index in [9.17, 15) is 4.79 Å². The molecule has 1 aromatic carbocycles. The first-order valence-corrected chi connectivity index (χ1v) is 10.4. The Balaban J connectivity index is 1.48. The summed E-state index contributed by atoms with van der Waals surface area (Å²) in [6.45, 7) is 10.9. The zero-order valence-corrected chi connectivity index (χ0v) is 16.6. The fourth-order valence-electron chi connectivity index (χ4n) is 3.85. The molecule has 1 atom stereocenters. The molecule has 2 amide bonds. The van der Waals surface area contributed by atoms with Gasteiger partial charge in [-0.1, -0.05) is 31.2 Å². The largest absolute Gasteiger partial charge is 0.381 e. The minimum atomic E-state index is -0.0757. The SMILES string of the molecule is CCN1CCN(Cc2ccccc2CNC(=O)NC2CCCOCC2)CC1. The maximum Gasteiger partial charge on any atom is 0.315 e. The molecule has 0 radical (unpaired) electrons. The number of likely N-dealkylation sites (N-methyl/N-ethyl adjacent to an activating group) is 1. The number of urea groups is 1. The number of carbonyl (C=O) groups is 1. The summed E-state index contributed by atoms with van der Waals surface area (Å²) in [5, 5.41) is 6.14. The van der Waals surface area contributed by atoms with Crippen LogP contribution in [0.1, 0.15) is 37.3 Å². The van der Waals surface area contributed by atoms with Gasteiger partial charge in [0.05, 0.1) is 0 Å². The Bertz CT molecular complexity index is 579. The highest BCUT2D eigenvalue weighted by Crippen LogP contribution is 2.14. The molecule has 2 N–H and O–H groups in total. The van der Waals surface area contributed by atoms with Crippen LogP contribution in [0.25, 0.3) is 0 Å².